The molecular weight excluding hydrogens is 320 g/mol. The molecule has 1 aliphatic rings. The first-order valence-corrected chi connectivity index (χ1v) is 10.3. The van der Waals surface area contributed by atoms with Gasteiger partial charge in [0.1, 0.15) is 0 Å². The molecule has 0 saturated carbocycles. The minimum absolute atomic E-state index is 0.0250. The van der Waals surface area contributed by atoms with Crippen LogP contribution < -0.4 is 10.2 Å². The van der Waals surface area contributed by atoms with Crippen LogP contribution in [0.4, 0.5) is 5.69 Å². The van der Waals surface area contributed by atoms with Gasteiger partial charge in [-0.05, 0) is 75.1 Å². The van der Waals surface area contributed by atoms with Crippen molar-refractivity contribution in [3.05, 3.63) is 29.8 Å². The lowest BCUT2D eigenvalue weighted by molar-refractivity contribution is -0.110. The Kier molecular flexibility index (Phi) is 7.54. The lowest BCUT2D eigenvalue weighted by atomic mass is 9.68. The minimum atomic E-state index is 0.0250. The molecule has 1 atom stereocenters. The van der Waals surface area contributed by atoms with Crippen molar-refractivity contribution in [1.29, 1.82) is 0 Å². The number of rotatable bonds is 9. The van der Waals surface area contributed by atoms with Crippen molar-refractivity contribution in [3.63, 3.8) is 0 Å². The first-order chi connectivity index (χ1) is 12.2. The molecule has 1 fully saturated rings. The van der Waals surface area contributed by atoms with Crippen LogP contribution in [-0.4, -0.2) is 32.8 Å². The molecule has 0 bridgehead atoms. The molecule has 1 N–H and O–H groups in total. The maximum atomic E-state index is 6.01. The maximum absolute atomic E-state index is 6.01. The van der Waals surface area contributed by atoms with Gasteiger partial charge in [-0.15, -0.1) is 0 Å². The van der Waals surface area contributed by atoms with E-state index in [-0.39, 0.29) is 5.60 Å². The molecule has 1 heterocycles. The second kappa shape index (κ2) is 9.23. The lowest BCUT2D eigenvalue weighted by Gasteiger charge is -2.45. The Morgan fingerprint density at radius 2 is 1.81 bits per heavy atom. The van der Waals surface area contributed by atoms with Gasteiger partial charge in [-0.25, -0.2) is 0 Å². The van der Waals surface area contributed by atoms with Crippen LogP contribution in [-0.2, 0) is 11.3 Å². The van der Waals surface area contributed by atoms with Crippen molar-refractivity contribution in [2.24, 2.45) is 11.3 Å². The van der Waals surface area contributed by atoms with Crippen LogP contribution in [0.15, 0.2) is 24.3 Å². The van der Waals surface area contributed by atoms with Crippen LogP contribution >= 0.6 is 0 Å². The quantitative estimate of drug-likeness (QED) is 0.609. The van der Waals surface area contributed by atoms with Crippen LogP contribution in [0, 0.1) is 11.3 Å². The molecule has 0 unspecified atom stereocenters. The Bertz CT molecular complexity index is 536. The van der Waals surface area contributed by atoms with Gasteiger partial charge < -0.3 is 15.0 Å². The predicted molar refractivity (Wildman–Crippen MR) is 113 cm³/mol. The molecule has 0 radical (unpaired) electrons. The van der Waals surface area contributed by atoms with Crippen LogP contribution in [0.25, 0.3) is 0 Å². The summed E-state index contributed by atoms with van der Waals surface area (Å²) in [5.74, 6) is 0.779. The summed E-state index contributed by atoms with van der Waals surface area (Å²) >= 11 is 0. The van der Waals surface area contributed by atoms with Crippen molar-refractivity contribution in [2.45, 2.75) is 71.9 Å². The third-order valence-corrected chi connectivity index (χ3v) is 5.79. The number of ether oxygens (including phenoxy) is 1. The highest BCUT2D eigenvalue weighted by atomic mass is 16.5. The van der Waals surface area contributed by atoms with E-state index in [1.165, 1.54) is 43.4 Å². The van der Waals surface area contributed by atoms with Crippen molar-refractivity contribution >= 4 is 5.69 Å². The summed E-state index contributed by atoms with van der Waals surface area (Å²) in [7, 11) is 4.17. The molecule has 0 aromatic heterocycles. The van der Waals surface area contributed by atoms with E-state index in [2.05, 4.69) is 76.3 Å². The van der Waals surface area contributed by atoms with E-state index < -0.39 is 0 Å². The highest BCUT2D eigenvalue weighted by Gasteiger charge is 2.40. The van der Waals surface area contributed by atoms with E-state index in [9.17, 15) is 0 Å². The highest BCUT2D eigenvalue weighted by molar-refractivity contribution is 5.45. The largest absolute Gasteiger partial charge is 0.378 e. The summed E-state index contributed by atoms with van der Waals surface area (Å²) in [5.41, 5.74) is 3.08. The Hall–Kier alpha value is -1.06. The average molecular weight is 361 g/mol. The molecule has 2 rings (SSSR count). The fraction of sp³-hybridized carbons (Fsp3) is 0.739. The summed E-state index contributed by atoms with van der Waals surface area (Å²) in [6.07, 6.45) is 6.30. The Morgan fingerprint density at radius 1 is 1.12 bits per heavy atom. The van der Waals surface area contributed by atoms with Crippen molar-refractivity contribution < 1.29 is 4.74 Å². The summed E-state index contributed by atoms with van der Waals surface area (Å²) in [4.78, 5) is 2.14. The molecule has 0 aliphatic carbocycles. The number of benzene rings is 1. The number of hydrogen-bond donors (Lipinski definition) is 1. The highest BCUT2D eigenvalue weighted by Crippen LogP contribution is 2.45. The second-order valence-corrected chi connectivity index (χ2v) is 9.46. The van der Waals surface area contributed by atoms with Gasteiger partial charge in [-0.3, -0.25) is 0 Å². The minimum Gasteiger partial charge on any atom is -0.378 e. The zero-order valence-corrected chi connectivity index (χ0v) is 17.9. The van der Waals surface area contributed by atoms with Gasteiger partial charge in [0.15, 0.2) is 0 Å². The molecule has 1 aliphatic heterocycles. The van der Waals surface area contributed by atoms with E-state index in [0.717, 1.165) is 25.6 Å². The Labute approximate surface area is 161 Å². The zero-order valence-electron chi connectivity index (χ0n) is 17.9. The number of nitrogens with one attached hydrogen (secondary N) is 1. The number of hydrogen-bond acceptors (Lipinski definition) is 3. The second-order valence-electron chi connectivity index (χ2n) is 9.46. The fourth-order valence-corrected chi connectivity index (χ4v) is 4.23. The van der Waals surface area contributed by atoms with Gasteiger partial charge in [0, 0.05) is 32.9 Å². The van der Waals surface area contributed by atoms with Gasteiger partial charge in [-0.1, -0.05) is 32.4 Å². The van der Waals surface area contributed by atoms with Crippen molar-refractivity contribution in [2.75, 3.05) is 32.1 Å². The van der Waals surface area contributed by atoms with Gasteiger partial charge in [0.25, 0.3) is 0 Å². The molecule has 0 spiro atoms. The number of nitrogens with zero attached hydrogens (tertiary/aromatic N) is 1. The topological polar surface area (TPSA) is 24.5 Å². The molecule has 0 amide bonds. The zero-order chi connectivity index (χ0) is 19.2. The molecule has 1 saturated heterocycles. The normalized spacial score (nSPS) is 22.6. The van der Waals surface area contributed by atoms with Gasteiger partial charge in [0.05, 0.1) is 5.60 Å². The number of anilines is 1. The van der Waals surface area contributed by atoms with Crippen LogP contribution in [0.1, 0.15) is 65.4 Å². The van der Waals surface area contributed by atoms with Crippen molar-refractivity contribution in [3.8, 4) is 0 Å². The van der Waals surface area contributed by atoms with E-state index in [0.29, 0.717) is 5.41 Å². The van der Waals surface area contributed by atoms with E-state index >= 15 is 0 Å². The first-order valence-electron chi connectivity index (χ1n) is 10.3. The van der Waals surface area contributed by atoms with Crippen molar-refractivity contribution in [1.82, 2.24) is 5.32 Å². The van der Waals surface area contributed by atoms with Crippen LogP contribution in [0.3, 0.4) is 0 Å². The first kappa shape index (κ1) is 21.2. The Morgan fingerprint density at radius 3 is 2.38 bits per heavy atom. The van der Waals surface area contributed by atoms with Crippen LogP contribution in [0.2, 0.25) is 0 Å². The van der Waals surface area contributed by atoms with Crippen LogP contribution in [0.5, 0.6) is 0 Å². The summed E-state index contributed by atoms with van der Waals surface area (Å²) in [5, 5.41) is 3.68. The average Bonchev–Trinajstić information content (AvgIpc) is 2.57. The molecule has 26 heavy (non-hydrogen) atoms. The molecular formula is C23H40N2O. The fourth-order valence-electron chi connectivity index (χ4n) is 4.23. The monoisotopic (exact) mass is 360 g/mol. The molecule has 1 aromatic carbocycles. The maximum Gasteiger partial charge on any atom is 0.0631 e. The standard InChI is InChI=1S/C23H40N2O/c1-19(2)11-12-23(14-16-26-22(3,4)18-23)13-15-24-17-20-7-9-21(10-8-20)25(5)6/h7-10,19,24H,11-18H2,1-6H3/t23-/m1/s1. The van der Waals surface area contributed by atoms with E-state index in [1.54, 1.807) is 0 Å². The SMILES string of the molecule is CC(C)CC[C@@]1(CCNCc2ccc(N(C)C)cc2)CCOC(C)(C)C1. The Balaban J connectivity index is 1.86. The summed E-state index contributed by atoms with van der Waals surface area (Å²) in [6.45, 7) is 12.2. The molecule has 1 aromatic rings. The molecule has 3 heteroatoms. The smallest absolute Gasteiger partial charge is 0.0631 e. The summed E-state index contributed by atoms with van der Waals surface area (Å²) in [6, 6.07) is 8.85. The van der Waals surface area contributed by atoms with Gasteiger partial charge in [0.2, 0.25) is 0 Å². The van der Waals surface area contributed by atoms with Gasteiger partial charge in [-0.2, -0.15) is 0 Å². The third kappa shape index (κ3) is 6.59. The van der Waals surface area contributed by atoms with E-state index in [1.807, 2.05) is 0 Å². The van der Waals surface area contributed by atoms with E-state index in [4.69, 9.17) is 4.74 Å². The summed E-state index contributed by atoms with van der Waals surface area (Å²) < 4.78 is 6.01. The molecule has 3 nitrogen and oxygen atoms in total. The third-order valence-electron chi connectivity index (χ3n) is 5.79. The lowest BCUT2D eigenvalue weighted by Crippen LogP contribution is -2.42. The predicted octanol–water partition coefficient (Wildman–Crippen LogP) is 5.24. The van der Waals surface area contributed by atoms with Gasteiger partial charge >= 0.3 is 0 Å². The molecule has 148 valence electrons.